The Morgan fingerprint density at radius 3 is 2.70 bits per heavy atom. The summed E-state index contributed by atoms with van der Waals surface area (Å²) in [6.07, 6.45) is -2.42. The number of aromatic nitrogens is 2. The van der Waals surface area contributed by atoms with Crippen molar-refractivity contribution in [3.63, 3.8) is 0 Å². The molecule has 0 aromatic carbocycles. The number of carbonyl (C=O) groups excluding carboxylic acids is 1. The number of esters is 1. The van der Waals surface area contributed by atoms with Crippen LogP contribution in [0.4, 0.5) is 13.2 Å². The molecule has 8 heteroatoms. The molecule has 2 aromatic rings. The molecule has 0 saturated carbocycles. The van der Waals surface area contributed by atoms with Crippen molar-refractivity contribution in [1.29, 1.82) is 0 Å². The smallest absolute Gasteiger partial charge is 0.417 e. The highest BCUT2D eigenvalue weighted by atomic mass is 35.5. The zero-order valence-electron chi connectivity index (χ0n) is 10.1. The summed E-state index contributed by atoms with van der Waals surface area (Å²) in [7, 11) is 1.20. The minimum absolute atomic E-state index is 0.0186. The molecular formula is C12H8ClF3N2O2. The maximum absolute atomic E-state index is 12.5. The van der Waals surface area contributed by atoms with Crippen molar-refractivity contribution in [1.82, 2.24) is 9.55 Å². The first-order valence-electron chi connectivity index (χ1n) is 5.33. The van der Waals surface area contributed by atoms with E-state index in [1.165, 1.54) is 30.0 Å². The molecule has 0 aliphatic carbocycles. The van der Waals surface area contributed by atoms with Gasteiger partial charge in [-0.2, -0.15) is 13.2 Å². The van der Waals surface area contributed by atoms with Crippen LogP contribution >= 0.6 is 11.6 Å². The Kier molecular flexibility index (Phi) is 3.71. The molecular weight excluding hydrogens is 297 g/mol. The Bertz CT molecular complexity index is 652. The van der Waals surface area contributed by atoms with E-state index in [9.17, 15) is 18.0 Å². The summed E-state index contributed by atoms with van der Waals surface area (Å²) in [6.45, 7) is 0. The Morgan fingerprint density at radius 2 is 2.15 bits per heavy atom. The summed E-state index contributed by atoms with van der Waals surface area (Å²) >= 11 is 5.81. The zero-order valence-corrected chi connectivity index (χ0v) is 10.9. The average Bonchev–Trinajstić information content (AvgIpc) is 2.85. The Hall–Kier alpha value is -2.02. The third-order valence-corrected chi connectivity index (χ3v) is 2.80. The summed E-state index contributed by atoms with van der Waals surface area (Å²) in [5.41, 5.74) is -0.848. The lowest BCUT2D eigenvalue weighted by Crippen LogP contribution is -2.11. The van der Waals surface area contributed by atoms with Crippen LogP contribution in [0.2, 0.25) is 5.02 Å². The topological polar surface area (TPSA) is 44.1 Å². The summed E-state index contributed by atoms with van der Waals surface area (Å²) in [5, 5.41) is -0.221. The first kappa shape index (κ1) is 14.4. The fraction of sp³-hybridized carbons (Fsp3) is 0.167. The molecule has 0 amide bonds. The lowest BCUT2D eigenvalue weighted by molar-refractivity contribution is -0.137. The fourth-order valence-electron chi connectivity index (χ4n) is 1.60. The van der Waals surface area contributed by atoms with Gasteiger partial charge < -0.3 is 4.74 Å². The number of carbonyl (C=O) groups is 1. The van der Waals surface area contributed by atoms with Crippen LogP contribution in [0.15, 0.2) is 30.6 Å². The number of pyridine rings is 1. The second-order valence-corrected chi connectivity index (χ2v) is 4.19. The quantitative estimate of drug-likeness (QED) is 0.799. The van der Waals surface area contributed by atoms with Crippen molar-refractivity contribution in [2.75, 3.05) is 7.11 Å². The van der Waals surface area contributed by atoms with Crippen LogP contribution in [0.25, 0.3) is 5.82 Å². The molecule has 0 bridgehead atoms. The molecule has 0 unspecified atom stereocenters. The first-order valence-corrected chi connectivity index (χ1v) is 5.71. The second kappa shape index (κ2) is 5.16. The van der Waals surface area contributed by atoms with E-state index < -0.39 is 17.7 Å². The lowest BCUT2D eigenvalue weighted by atomic mass is 10.2. The van der Waals surface area contributed by atoms with Gasteiger partial charge in [0.25, 0.3) is 0 Å². The van der Waals surface area contributed by atoms with Crippen LogP contribution in [0.5, 0.6) is 0 Å². The van der Waals surface area contributed by atoms with Crippen molar-refractivity contribution in [2.45, 2.75) is 6.18 Å². The first-order chi connectivity index (χ1) is 9.34. The lowest BCUT2D eigenvalue weighted by Gasteiger charge is -2.11. The summed E-state index contributed by atoms with van der Waals surface area (Å²) in [6, 6.07) is 3.73. The predicted octanol–water partition coefficient (Wildman–Crippen LogP) is 3.33. The van der Waals surface area contributed by atoms with E-state index in [4.69, 9.17) is 11.6 Å². The van der Waals surface area contributed by atoms with Crippen LogP contribution < -0.4 is 0 Å². The van der Waals surface area contributed by atoms with Gasteiger partial charge >= 0.3 is 12.1 Å². The maximum atomic E-state index is 12.5. The van der Waals surface area contributed by atoms with E-state index in [0.717, 1.165) is 6.07 Å². The van der Waals surface area contributed by atoms with Gasteiger partial charge in [0.05, 0.1) is 17.7 Å². The fourth-order valence-corrected chi connectivity index (χ4v) is 1.86. The van der Waals surface area contributed by atoms with E-state index >= 15 is 0 Å². The van der Waals surface area contributed by atoms with E-state index in [2.05, 4.69) is 9.72 Å². The second-order valence-electron chi connectivity index (χ2n) is 3.78. The molecule has 106 valence electrons. The largest absolute Gasteiger partial charge is 0.464 e. The van der Waals surface area contributed by atoms with Crippen LogP contribution in [0.1, 0.15) is 16.1 Å². The molecule has 2 heterocycles. The standard InChI is InChI=1S/C12H8ClF3N2O2/c1-20-11(19)9-3-2-4-18(9)10-8(13)5-7(6-17-10)12(14,15)16/h2-6H,1H3. The molecule has 0 saturated heterocycles. The number of methoxy groups -OCH3 is 1. The van der Waals surface area contributed by atoms with Gasteiger partial charge in [-0.15, -0.1) is 0 Å². The minimum atomic E-state index is -4.53. The van der Waals surface area contributed by atoms with Crippen molar-refractivity contribution in [3.05, 3.63) is 46.9 Å². The zero-order chi connectivity index (χ0) is 14.9. The van der Waals surface area contributed by atoms with Crippen LogP contribution in [0.3, 0.4) is 0 Å². The molecule has 4 nitrogen and oxygen atoms in total. The van der Waals surface area contributed by atoms with Gasteiger partial charge in [0.2, 0.25) is 0 Å². The summed E-state index contributed by atoms with van der Waals surface area (Å²) < 4.78 is 43.4. The normalized spacial score (nSPS) is 11.4. The highest BCUT2D eigenvalue weighted by Gasteiger charge is 2.32. The van der Waals surface area contributed by atoms with E-state index in [1.807, 2.05) is 0 Å². The molecule has 0 spiro atoms. The molecule has 0 aliphatic rings. The van der Waals surface area contributed by atoms with E-state index in [-0.39, 0.29) is 16.5 Å². The van der Waals surface area contributed by atoms with E-state index in [0.29, 0.717) is 6.20 Å². The van der Waals surface area contributed by atoms with Gasteiger partial charge in [-0.3, -0.25) is 4.57 Å². The number of rotatable bonds is 2. The molecule has 2 aromatic heterocycles. The van der Waals surface area contributed by atoms with Crippen molar-refractivity contribution in [2.24, 2.45) is 0 Å². The average molecular weight is 305 g/mol. The van der Waals surface area contributed by atoms with Crippen molar-refractivity contribution in [3.8, 4) is 5.82 Å². The maximum Gasteiger partial charge on any atom is 0.417 e. The highest BCUT2D eigenvalue weighted by Crippen LogP contribution is 2.32. The van der Waals surface area contributed by atoms with Gasteiger partial charge in [0.1, 0.15) is 5.69 Å². The number of nitrogens with zero attached hydrogens (tertiary/aromatic N) is 2. The molecule has 0 aliphatic heterocycles. The number of ether oxygens (including phenoxy) is 1. The third kappa shape index (κ3) is 2.62. The Balaban J connectivity index is 2.50. The molecule has 0 radical (unpaired) electrons. The summed E-state index contributed by atoms with van der Waals surface area (Å²) in [5.74, 6) is -0.627. The number of halogens is 4. The minimum Gasteiger partial charge on any atom is -0.464 e. The van der Waals surface area contributed by atoms with Crippen LogP contribution in [0, 0.1) is 0 Å². The summed E-state index contributed by atoms with van der Waals surface area (Å²) in [4.78, 5) is 15.2. The molecule has 0 N–H and O–H groups in total. The Morgan fingerprint density at radius 1 is 1.45 bits per heavy atom. The van der Waals surface area contributed by atoms with Gasteiger partial charge in [-0.1, -0.05) is 11.6 Å². The SMILES string of the molecule is COC(=O)c1cccn1-c1ncc(C(F)(F)F)cc1Cl. The number of alkyl halides is 3. The molecule has 0 atom stereocenters. The van der Waals surface area contributed by atoms with Crippen LogP contribution in [-0.4, -0.2) is 22.6 Å². The van der Waals surface area contributed by atoms with Crippen molar-refractivity contribution < 1.29 is 22.7 Å². The van der Waals surface area contributed by atoms with Crippen molar-refractivity contribution >= 4 is 17.6 Å². The van der Waals surface area contributed by atoms with Gasteiger partial charge in [0.15, 0.2) is 5.82 Å². The third-order valence-electron chi connectivity index (χ3n) is 2.52. The molecule has 20 heavy (non-hydrogen) atoms. The molecule has 0 fully saturated rings. The number of hydrogen-bond acceptors (Lipinski definition) is 3. The van der Waals surface area contributed by atoms with Gasteiger partial charge in [0, 0.05) is 12.4 Å². The van der Waals surface area contributed by atoms with E-state index in [1.54, 1.807) is 0 Å². The predicted molar refractivity (Wildman–Crippen MR) is 64.9 cm³/mol. The van der Waals surface area contributed by atoms with Gasteiger partial charge in [-0.05, 0) is 18.2 Å². The number of hydrogen-bond donors (Lipinski definition) is 0. The Labute approximate surface area is 116 Å². The molecule has 2 rings (SSSR count). The monoisotopic (exact) mass is 304 g/mol. The van der Waals surface area contributed by atoms with Crippen LogP contribution in [-0.2, 0) is 10.9 Å². The highest BCUT2D eigenvalue weighted by molar-refractivity contribution is 6.32. The van der Waals surface area contributed by atoms with Gasteiger partial charge in [-0.25, -0.2) is 9.78 Å².